The number of benzene rings is 4. The summed E-state index contributed by atoms with van der Waals surface area (Å²) in [5.74, 6) is -0.337. The number of rotatable bonds is 3. The van der Waals surface area contributed by atoms with Crippen LogP contribution in [0.1, 0.15) is 44.5 Å². The Morgan fingerprint density at radius 2 is 0.787 bits per heavy atom. The summed E-state index contributed by atoms with van der Waals surface area (Å²) < 4.78 is 71.0. The Hall–Kier alpha value is -3.84. The molecule has 0 amide bonds. The van der Waals surface area contributed by atoms with E-state index in [1.165, 1.54) is 54.9 Å². The van der Waals surface area contributed by atoms with Crippen molar-refractivity contribution < 1.29 is 62.8 Å². The topological polar surface area (TPSA) is 40.5 Å². The maximum absolute atomic E-state index is 11.8. The molecule has 0 fully saturated rings. The second-order valence-corrected chi connectivity index (χ2v) is 11.4. The Morgan fingerprint density at radius 3 is 1.09 bits per heavy atom. The molecule has 47 heavy (non-hydrogen) atoms. The smallest absolute Gasteiger partial charge is 0.508 e. The van der Waals surface area contributed by atoms with Gasteiger partial charge in [0.25, 0.3) is 0 Å². The Labute approximate surface area is 289 Å². The van der Waals surface area contributed by atoms with Gasteiger partial charge in [-0.25, -0.2) is 0 Å². The number of phenolic OH excluding ortho intramolecular Hbond substituents is 2. The van der Waals surface area contributed by atoms with E-state index in [4.69, 9.17) is 10.2 Å². The molecule has 2 nitrogen and oxygen atoms in total. The van der Waals surface area contributed by atoms with Gasteiger partial charge < -0.3 is 10.2 Å². The number of hydrogen-bond acceptors (Lipinski definition) is 2. The summed E-state index contributed by atoms with van der Waals surface area (Å²) in [5.41, 5.74) is 6.92. The summed E-state index contributed by atoms with van der Waals surface area (Å²) in [6.07, 6.45) is -6.43. The fraction of sp³-hybridized carbons (Fsp3) is 0.211. The summed E-state index contributed by atoms with van der Waals surface area (Å²) in [6.45, 7) is 8.78. The molecule has 0 heterocycles. The normalized spacial score (nSPS) is 11.4. The van der Waals surface area contributed by atoms with Crippen molar-refractivity contribution in [2.45, 2.75) is 52.9 Å². The van der Waals surface area contributed by atoms with Crippen LogP contribution in [0.5, 0.6) is 11.5 Å². The molecule has 0 aromatic heterocycles. The Balaban J connectivity index is 0.000000219. The van der Waals surface area contributed by atoms with Gasteiger partial charge in [0.05, 0.1) is 11.1 Å². The zero-order valence-corrected chi connectivity index (χ0v) is 28.8. The predicted molar refractivity (Wildman–Crippen MR) is 172 cm³/mol. The minimum atomic E-state index is -4.33. The van der Waals surface area contributed by atoms with E-state index >= 15 is 0 Å². The van der Waals surface area contributed by atoms with Gasteiger partial charge in [-0.05, 0) is 89.1 Å². The number of halogens is 6. The van der Waals surface area contributed by atoms with Gasteiger partial charge in [0.1, 0.15) is 11.5 Å². The third-order valence-corrected chi connectivity index (χ3v) is 7.85. The van der Waals surface area contributed by atoms with Crippen LogP contribution in [0.15, 0.2) is 97.1 Å². The van der Waals surface area contributed by atoms with Crippen LogP contribution in [0.2, 0.25) is 0 Å². The monoisotopic (exact) mass is 726 g/mol. The summed E-state index contributed by atoms with van der Waals surface area (Å²) in [5, 5.41) is 22.8. The van der Waals surface area contributed by atoms with Crippen LogP contribution in [-0.4, -0.2) is 10.2 Å². The van der Waals surface area contributed by atoms with E-state index in [-0.39, 0.29) is 37.7 Å². The largest absolute Gasteiger partial charge is 2.00 e. The van der Waals surface area contributed by atoms with Gasteiger partial charge >= 0.3 is 38.6 Å². The molecule has 0 aliphatic rings. The van der Waals surface area contributed by atoms with Gasteiger partial charge in [0, 0.05) is 0 Å². The standard InChI is InChI=1S/C24H24.2C7H5F3O.Zr/c1-15-7-21-11-19(12-22(21)8-16(15)2)5-6-20-13-23-9-17(3)18(4)10-24(23)14-20;2*8-7(9,10)5-1-3-6(11)4-2-5;/h7-14H,5-6H2,1-4H3;2*1-4,11H;/q-2;;;+2. The van der Waals surface area contributed by atoms with Gasteiger partial charge in [-0.2, -0.15) is 38.5 Å². The summed E-state index contributed by atoms with van der Waals surface area (Å²) in [7, 11) is 0. The molecule has 0 unspecified atom stereocenters. The summed E-state index contributed by atoms with van der Waals surface area (Å²) in [6, 6.07) is 26.0. The second-order valence-electron chi connectivity index (χ2n) is 11.4. The Bertz CT molecular complexity index is 1690. The molecule has 0 radical (unpaired) electrons. The van der Waals surface area contributed by atoms with Crippen molar-refractivity contribution in [2.75, 3.05) is 0 Å². The zero-order valence-electron chi connectivity index (χ0n) is 26.3. The number of aromatic hydroxyl groups is 2. The summed E-state index contributed by atoms with van der Waals surface area (Å²) >= 11 is 0. The second kappa shape index (κ2) is 15.4. The first kappa shape index (κ1) is 37.6. The SMILES string of the molecule is Cc1cc2cc(CCc3cc4cc(C)c(C)cc4[cH-]3)[cH-]c2cc1C.Oc1ccc(C(F)(F)F)cc1.Oc1ccc(C(F)(F)F)cc1.[Zr+2]. The van der Waals surface area contributed by atoms with Crippen molar-refractivity contribution in [1.29, 1.82) is 0 Å². The molecule has 0 saturated heterocycles. The molecule has 9 heteroatoms. The van der Waals surface area contributed by atoms with Crippen molar-refractivity contribution >= 4 is 21.5 Å². The van der Waals surface area contributed by atoms with E-state index in [1.54, 1.807) is 0 Å². The number of phenols is 2. The first-order valence-electron chi connectivity index (χ1n) is 14.5. The van der Waals surface area contributed by atoms with Crippen LogP contribution in [0.25, 0.3) is 21.5 Å². The summed E-state index contributed by atoms with van der Waals surface area (Å²) in [4.78, 5) is 0. The Kier molecular flexibility index (Phi) is 12.3. The molecular weight excluding hydrogens is 694 g/mol. The number of aryl methyl sites for hydroxylation is 6. The molecule has 0 aliphatic carbocycles. The van der Waals surface area contributed by atoms with Crippen LogP contribution < -0.4 is 0 Å². The van der Waals surface area contributed by atoms with Crippen LogP contribution in [0.4, 0.5) is 26.3 Å². The van der Waals surface area contributed by atoms with E-state index in [1.807, 2.05) is 0 Å². The van der Waals surface area contributed by atoms with Gasteiger partial charge in [-0.3, -0.25) is 0 Å². The fourth-order valence-electron chi connectivity index (χ4n) is 4.98. The van der Waals surface area contributed by atoms with Gasteiger partial charge in [-0.15, -0.1) is 69.1 Å². The quantitative estimate of drug-likeness (QED) is 0.141. The van der Waals surface area contributed by atoms with Gasteiger partial charge in [-0.1, -0.05) is 22.3 Å². The minimum Gasteiger partial charge on any atom is -0.508 e. The first-order valence-corrected chi connectivity index (χ1v) is 14.5. The molecule has 2 N–H and O–H groups in total. The van der Waals surface area contributed by atoms with Gasteiger partial charge in [0.2, 0.25) is 0 Å². The average Bonchev–Trinajstić information content (AvgIpc) is 3.55. The molecule has 0 aliphatic heterocycles. The first-order chi connectivity index (χ1) is 21.5. The van der Waals surface area contributed by atoms with E-state index in [9.17, 15) is 26.3 Å². The molecule has 6 aromatic carbocycles. The third-order valence-electron chi connectivity index (χ3n) is 7.85. The van der Waals surface area contributed by atoms with E-state index in [0.29, 0.717) is 0 Å². The Morgan fingerprint density at radius 1 is 0.489 bits per heavy atom. The third kappa shape index (κ3) is 10.3. The van der Waals surface area contributed by atoms with Crippen molar-refractivity contribution in [2.24, 2.45) is 0 Å². The molecular formula is C38H34F6O2Zr. The fourth-order valence-corrected chi connectivity index (χ4v) is 4.98. The molecule has 244 valence electrons. The number of alkyl halides is 6. The van der Waals surface area contributed by atoms with E-state index in [2.05, 4.69) is 76.2 Å². The zero-order chi connectivity index (χ0) is 33.8. The van der Waals surface area contributed by atoms with Gasteiger partial charge in [0.15, 0.2) is 0 Å². The van der Waals surface area contributed by atoms with Crippen LogP contribution in [0, 0.1) is 27.7 Å². The van der Waals surface area contributed by atoms with Crippen molar-refractivity contribution in [3.8, 4) is 11.5 Å². The van der Waals surface area contributed by atoms with Crippen molar-refractivity contribution in [3.63, 3.8) is 0 Å². The van der Waals surface area contributed by atoms with Crippen LogP contribution in [0.3, 0.4) is 0 Å². The van der Waals surface area contributed by atoms with E-state index < -0.39 is 23.5 Å². The van der Waals surface area contributed by atoms with Crippen LogP contribution >= 0.6 is 0 Å². The van der Waals surface area contributed by atoms with Crippen LogP contribution in [-0.2, 0) is 51.4 Å². The maximum Gasteiger partial charge on any atom is 2.00 e. The molecule has 0 saturated carbocycles. The maximum atomic E-state index is 11.8. The number of hydrogen-bond donors (Lipinski definition) is 2. The molecule has 0 atom stereocenters. The predicted octanol–water partition coefficient (Wildman–Crippen LogP) is 11.3. The van der Waals surface area contributed by atoms with Crippen molar-refractivity contribution in [1.82, 2.24) is 0 Å². The minimum absolute atomic E-state index is 0. The van der Waals surface area contributed by atoms with Crippen molar-refractivity contribution in [3.05, 3.63) is 142 Å². The molecule has 0 bridgehead atoms. The number of fused-ring (bicyclic) bond motifs is 2. The molecule has 6 rings (SSSR count). The molecule has 0 spiro atoms. The van der Waals surface area contributed by atoms with E-state index in [0.717, 1.165) is 61.4 Å². The molecule has 6 aromatic rings. The average molecular weight is 728 g/mol.